The van der Waals surface area contributed by atoms with Gasteiger partial charge in [-0.3, -0.25) is 9.20 Å². The quantitative estimate of drug-likeness (QED) is 0.437. The Balaban J connectivity index is 2.16. The van der Waals surface area contributed by atoms with Gasteiger partial charge in [0.1, 0.15) is 0 Å². The van der Waals surface area contributed by atoms with E-state index >= 15 is 0 Å². The van der Waals surface area contributed by atoms with Crippen molar-refractivity contribution >= 4 is 33.4 Å². The van der Waals surface area contributed by atoms with Gasteiger partial charge in [-0.25, -0.2) is 4.98 Å². The van der Waals surface area contributed by atoms with E-state index in [1.807, 2.05) is 40.8 Å². The number of nitrogens with zero attached hydrogens (tertiary/aromatic N) is 5. The molecule has 0 N–H and O–H groups in total. The van der Waals surface area contributed by atoms with Gasteiger partial charge < -0.3 is 0 Å². The number of hydrogen-bond acceptors (Lipinski definition) is 4. The van der Waals surface area contributed by atoms with Crippen LogP contribution in [0.5, 0.6) is 0 Å². The number of fused-ring (bicyclic) bond motifs is 7. The average molecular weight is 287 g/mol. The molecule has 0 atom stereocenters. The van der Waals surface area contributed by atoms with Crippen molar-refractivity contribution in [1.29, 1.82) is 0 Å². The Labute approximate surface area is 123 Å². The molecule has 5 rings (SSSR count). The van der Waals surface area contributed by atoms with Crippen molar-refractivity contribution in [2.24, 2.45) is 0 Å². The highest BCUT2D eigenvalue weighted by atomic mass is 16.1. The predicted octanol–water partition coefficient (Wildman–Crippen LogP) is 2.04. The Kier molecular flexibility index (Phi) is 2.01. The summed E-state index contributed by atoms with van der Waals surface area (Å²) in [6.07, 6.45) is 1.65. The summed E-state index contributed by atoms with van der Waals surface area (Å²) in [6, 6.07) is 15.3. The molecule has 4 heterocycles. The van der Waals surface area contributed by atoms with Crippen molar-refractivity contribution in [2.75, 3.05) is 0 Å². The second kappa shape index (κ2) is 3.88. The molecule has 0 aliphatic rings. The zero-order chi connectivity index (χ0) is 14.7. The van der Waals surface area contributed by atoms with Crippen LogP contribution in [0.3, 0.4) is 0 Å². The minimum atomic E-state index is -0.294. The molecule has 4 aromatic heterocycles. The van der Waals surface area contributed by atoms with E-state index in [1.165, 1.54) is 0 Å². The lowest BCUT2D eigenvalue weighted by Gasteiger charge is -2.01. The van der Waals surface area contributed by atoms with Gasteiger partial charge in [0.05, 0.1) is 10.9 Å². The predicted molar refractivity (Wildman–Crippen MR) is 83.0 cm³/mol. The summed E-state index contributed by atoms with van der Waals surface area (Å²) in [6.45, 7) is 0. The summed E-state index contributed by atoms with van der Waals surface area (Å²) in [5.74, 6) is 0.475. The van der Waals surface area contributed by atoms with Crippen molar-refractivity contribution in [3.63, 3.8) is 0 Å². The standard InChI is InChI=1S/C16H9N5O/c22-15-11-5-3-9-17-14(11)21-16(18-15)20-12-6-2-1-4-10(12)7-8-13(20)19-21/h1-9H. The van der Waals surface area contributed by atoms with Gasteiger partial charge in [0.25, 0.3) is 5.56 Å². The summed E-state index contributed by atoms with van der Waals surface area (Å²) in [7, 11) is 0. The van der Waals surface area contributed by atoms with Gasteiger partial charge in [0.15, 0.2) is 11.3 Å². The maximum atomic E-state index is 12.3. The number of aromatic nitrogens is 5. The van der Waals surface area contributed by atoms with Crippen LogP contribution in [-0.2, 0) is 0 Å². The van der Waals surface area contributed by atoms with Gasteiger partial charge in [0, 0.05) is 6.20 Å². The molecule has 104 valence electrons. The van der Waals surface area contributed by atoms with Gasteiger partial charge >= 0.3 is 0 Å². The van der Waals surface area contributed by atoms with Crippen molar-refractivity contribution < 1.29 is 0 Å². The smallest absolute Gasteiger partial charge is 0.266 e. The summed E-state index contributed by atoms with van der Waals surface area (Å²) in [5, 5.41) is 6.08. The summed E-state index contributed by atoms with van der Waals surface area (Å²) < 4.78 is 3.50. The lowest BCUT2D eigenvalue weighted by molar-refractivity contribution is 0.967. The van der Waals surface area contributed by atoms with Crippen molar-refractivity contribution in [1.82, 2.24) is 24.0 Å². The first-order valence-corrected chi connectivity index (χ1v) is 6.87. The van der Waals surface area contributed by atoms with E-state index in [0.29, 0.717) is 16.8 Å². The molecular formula is C16H9N5O. The maximum absolute atomic E-state index is 12.3. The Morgan fingerprint density at radius 2 is 1.86 bits per heavy atom. The number of benzene rings is 1. The van der Waals surface area contributed by atoms with E-state index in [-0.39, 0.29) is 5.56 Å². The monoisotopic (exact) mass is 287 g/mol. The third-order valence-corrected chi connectivity index (χ3v) is 3.83. The van der Waals surface area contributed by atoms with Gasteiger partial charge in [-0.15, -0.1) is 5.10 Å². The fourth-order valence-corrected chi connectivity index (χ4v) is 2.85. The van der Waals surface area contributed by atoms with E-state index in [0.717, 1.165) is 16.6 Å². The zero-order valence-corrected chi connectivity index (χ0v) is 11.3. The highest BCUT2D eigenvalue weighted by molar-refractivity contribution is 5.84. The van der Waals surface area contributed by atoms with Crippen molar-refractivity contribution in [3.05, 3.63) is 65.1 Å². The molecule has 0 aliphatic carbocycles. The molecule has 0 aliphatic heterocycles. The second-order valence-corrected chi connectivity index (χ2v) is 5.09. The Morgan fingerprint density at radius 3 is 2.82 bits per heavy atom. The lowest BCUT2D eigenvalue weighted by atomic mass is 10.2. The first-order valence-electron chi connectivity index (χ1n) is 6.87. The van der Waals surface area contributed by atoms with Crippen LogP contribution in [0.2, 0.25) is 0 Å². The third-order valence-electron chi connectivity index (χ3n) is 3.83. The molecule has 5 aromatic rings. The molecule has 6 nitrogen and oxygen atoms in total. The zero-order valence-electron chi connectivity index (χ0n) is 11.3. The average Bonchev–Trinajstić information content (AvgIpc) is 2.94. The SMILES string of the molecule is O=c1nc2n(nc3ccc4ccccc4n32)c2ncccc12. The van der Waals surface area contributed by atoms with Crippen LogP contribution in [0.1, 0.15) is 0 Å². The third kappa shape index (κ3) is 1.33. The largest absolute Gasteiger partial charge is 0.284 e. The van der Waals surface area contributed by atoms with E-state index in [1.54, 1.807) is 22.8 Å². The van der Waals surface area contributed by atoms with E-state index in [9.17, 15) is 4.79 Å². The molecular weight excluding hydrogens is 278 g/mol. The first kappa shape index (κ1) is 11.4. The fraction of sp³-hybridized carbons (Fsp3) is 0. The number of hydrogen-bond donors (Lipinski definition) is 0. The lowest BCUT2D eigenvalue weighted by Crippen LogP contribution is -2.12. The summed E-state index contributed by atoms with van der Waals surface area (Å²) in [4.78, 5) is 20.8. The van der Waals surface area contributed by atoms with Gasteiger partial charge in [-0.05, 0) is 35.7 Å². The molecule has 6 heteroatoms. The molecule has 0 saturated carbocycles. The normalized spacial score (nSPS) is 11.8. The molecule has 1 aromatic carbocycles. The van der Waals surface area contributed by atoms with Gasteiger partial charge in [-0.1, -0.05) is 18.2 Å². The second-order valence-electron chi connectivity index (χ2n) is 5.09. The fourth-order valence-electron chi connectivity index (χ4n) is 2.85. The Morgan fingerprint density at radius 1 is 0.955 bits per heavy atom. The molecule has 0 unspecified atom stereocenters. The minimum Gasteiger partial charge on any atom is -0.266 e. The van der Waals surface area contributed by atoms with Crippen LogP contribution in [0.25, 0.3) is 33.4 Å². The summed E-state index contributed by atoms with van der Waals surface area (Å²) >= 11 is 0. The Bertz CT molecular complexity index is 1250. The van der Waals surface area contributed by atoms with Gasteiger partial charge in [0.2, 0.25) is 5.78 Å². The Hall–Kier alpha value is -3.28. The van der Waals surface area contributed by atoms with Crippen LogP contribution in [0.4, 0.5) is 0 Å². The van der Waals surface area contributed by atoms with Crippen LogP contribution in [0, 0.1) is 0 Å². The summed E-state index contributed by atoms with van der Waals surface area (Å²) in [5.41, 5.74) is 1.91. The molecule has 0 radical (unpaired) electrons. The van der Waals surface area contributed by atoms with Crippen LogP contribution in [0.15, 0.2) is 59.5 Å². The van der Waals surface area contributed by atoms with Crippen LogP contribution in [-0.4, -0.2) is 24.0 Å². The maximum Gasteiger partial charge on any atom is 0.284 e. The van der Waals surface area contributed by atoms with Crippen molar-refractivity contribution in [2.45, 2.75) is 0 Å². The van der Waals surface area contributed by atoms with Crippen molar-refractivity contribution in [3.8, 4) is 0 Å². The molecule has 0 saturated heterocycles. The highest BCUT2D eigenvalue weighted by Crippen LogP contribution is 2.19. The molecule has 0 fully saturated rings. The molecule has 22 heavy (non-hydrogen) atoms. The topological polar surface area (TPSA) is 64.6 Å². The number of para-hydroxylation sites is 1. The van der Waals surface area contributed by atoms with Crippen LogP contribution >= 0.6 is 0 Å². The molecule has 0 amide bonds. The minimum absolute atomic E-state index is 0.294. The number of pyridine rings is 2. The number of rotatable bonds is 0. The van der Waals surface area contributed by atoms with E-state index in [2.05, 4.69) is 15.1 Å². The van der Waals surface area contributed by atoms with Gasteiger partial charge in [-0.2, -0.15) is 9.50 Å². The molecule has 0 spiro atoms. The highest BCUT2D eigenvalue weighted by Gasteiger charge is 2.13. The molecule has 0 bridgehead atoms. The van der Waals surface area contributed by atoms with E-state index < -0.39 is 0 Å². The first-order chi connectivity index (χ1) is 10.8. The van der Waals surface area contributed by atoms with E-state index in [4.69, 9.17) is 0 Å². The van der Waals surface area contributed by atoms with Crippen LogP contribution < -0.4 is 5.56 Å².